The molecule has 0 saturated heterocycles. The highest BCUT2D eigenvalue weighted by atomic mass is 32.2. The molecular formula is C21H16N2O2S2. The van der Waals surface area contributed by atoms with E-state index in [1.165, 1.54) is 11.8 Å². The quantitative estimate of drug-likeness (QED) is 0.629. The third-order valence-corrected chi connectivity index (χ3v) is 6.01. The van der Waals surface area contributed by atoms with Crippen LogP contribution < -0.4 is 10.6 Å². The van der Waals surface area contributed by atoms with E-state index < -0.39 is 0 Å². The zero-order valence-corrected chi connectivity index (χ0v) is 15.9. The summed E-state index contributed by atoms with van der Waals surface area (Å²) in [6.45, 7) is 0.499. The number of hydrogen-bond donors (Lipinski definition) is 2. The molecule has 4 rings (SSSR count). The van der Waals surface area contributed by atoms with Gasteiger partial charge in [0.2, 0.25) is 0 Å². The second kappa shape index (κ2) is 7.82. The molecule has 1 aliphatic heterocycles. The Bertz CT molecular complexity index is 1010. The Morgan fingerprint density at radius 2 is 1.93 bits per heavy atom. The van der Waals surface area contributed by atoms with Crippen LogP contribution in [0.5, 0.6) is 0 Å². The minimum absolute atomic E-state index is 0.156. The molecule has 134 valence electrons. The number of thioether (sulfide) groups is 1. The van der Waals surface area contributed by atoms with Gasteiger partial charge >= 0.3 is 0 Å². The number of carbonyl (C=O) groups is 2. The van der Waals surface area contributed by atoms with E-state index in [0.29, 0.717) is 22.7 Å². The molecular weight excluding hydrogens is 376 g/mol. The molecule has 0 aliphatic carbocycles. The van der Waals surface area contributed by atoms with Gasteiger partial charge in [-0.05, 0) is 41.3 Å². The number of fused-ring (bicyclic) bond motifs is 1. The lowest BCUT2D eigenvalue weighted by atomic mass is 10.1. The fourth-order valence-corrected chi connectivity index (χ4v) is 4.26. The Labute approximate surface area is 165 Å². The molecule has 0 spiro atoms. The van der Waals surface area contributed by atoms with Crippen LogP contribution in [0.4, 0.5) is 5.69 Å². The van der Waals surface area contributed by atoms with Gasteiger partial charge in [0, 0.05) is 15.3 Å². The van der Waals surface area contributed by atoms with E-state index in [9.17, 15) is 9.59 Å². The van der Waals surface area contributed by atoms with Crippen molar-refractivity contribution in [2.45, 2.75) is 11.4 Å². The lowest BCUT2D eigenvalue weighted by Gasteiger charge is -2.19. The molecule has 0 atom stereocenters. The summed E-state index contributed by atoms with van der Waals surface area (Å²) in [6.07, 6.45) is 1.87. The first kappa shape index (κ1) is 17.6. The average Bonchev–Trinajstić information content (AvgIpc) is 3.21. The van der Waals surface area contributed by atoms with Crippen LogP contribution in [-0.2, 0) is 11.3 Å². The van der Waals surface area contributed by atoms with E-state index in [-0.39, 0.29) is 11.8 Å². The van der Waals surface area contributed by atoms with Gasteiger partial charge in [0.25, 0.3) is 11.8 Å². The van der Waals surface area contributed by atoms with Crippen molar-refractivity contribution in [1.29, 1.82) is 0 Å². The standard InChI is InChI=1S/C21H16N2O2S2/c24-20(22-13-16-7-4-10-26-16)15-8-9-18-17(12-15)23-21(25)19(27-18)11-14-5-2-1-3-6-14/h1-12H,13H2,(H,22,24)(H,23,25). The topological polar surface area (TPSA) is 58.2 Å². The number of rotatable bonds is 4. The summed E-state index contributed by atoms with van der Waals surface area (Å²) in [5.74, 6) is -0.316. The molecule has 2 N–H and O–H groups in total. The number of carbonyl (C=O) groups excluding carboxylic acids is 2. The summed E-state index contributed by atoms with van der Waals surface area (Å²) >= 11 is 3.01. The molecule has 0 radical (unpaired) electrons. The molecule has 1 aliphatic rings. The number of anilines is 1. The Kier molecular flexibility index (Phi) is 5.09. The van der Waals surface area contributed by atoms with Crippen molar-refractivity contribution < 1.29 is 9.59 Å². The molecule has 2 aromatic carbocycles. The molecule has 0 unspecified atom stereocenters. The smallest absolute Gasteiger partial charge is 0.262 e. The summed E-state index contributed by atoms with van der Waals surface area (Å²) in [6, 6.07) is 19.0. The van der Waals surface area contributed by atoms with E-state index in [0.717, 1.165) is 15.3 Å². The van der Waals surface area contributed by atoms with E-state index >= 15 is 0 Å². The maximum atomic E-state index is 12.4. The van der Waals surface area contributed by atoms with Crippen LogP contribution in [0.1, 0.15) is 20.8 Å². The highest BCUT2D eigenvalue weighted by Gasteiger charge is 2.22. The summed E-state index contributed by atoms with van der Waals surface area (Å²) in [5, 5.41) is 7.77. The van der Waals surface area contributed by atoms with Gasteiger partial charge in [-0.2, -0.15) is 0 Å². The molecule has 6 heteroatoms. The van der Waals surface area contributed by atoms with Gasteiger partial charge in [0.05, 0.1) is 17.1 Å². The van der Waals surface area contributed by atoms with Crippen LogP contribution in [0, 0.1) is 0 Å². The molecule has 0 bridgehead atoms. The Hall–Kier alpha value is -2.83. The van der Waals surface area contributed by atoms with Crippen molar-refractivity contribution in [3.05, 3.63) is 87.0 Å². The SMILES string of the molecule is O=C1Nc2cc(C(=O)NCc3cccs3)ccc2SC1=Cc1ccccc1. The highest BCUT2D eigenvalue weighted by molar-refractivity contribution is 8.04. The molecule has 2 amide bonds. The molecule has 2 heterocycles. The number of nitrogens with one attached hydrogen (secondary N) is 2. The summed E-state index contributed by atoms with van der Waals surface area (Å²) in [7, 11) is 0. The summed E-state index contributed by atoms with van der Waals surface area (Å²) in [5.41, 5.74) is 2.17. The van der Waals surface area contributed by atoms with Gasteiger partial charge in [-0.15, -0.1) is 11.3 Å². The van der Waals surface area contributed by atoms with Gasteiger partial charge < -0.3 is 10.6 Å². The monoisotopic (exact) mass is 392 g/mol. The first-order valence-electron chi connectivity index (χ1n) is 8.39. The van der Waals surface area contributed by atoms with Crippen LogP contribution in [0.2, 0.25) is 0 Å². The largest absolute Gasteiger partial charge is 0.347 e. The van der Waals surface area contributed by atoms with Crippen LogP contribution in [0.15, 0.2) is 75.8 Å². The third-order valence-electron chi connectivity index (χ3n) is 4.03. The minimum Gasteiger partial charge on any atom is -0.347 e. The van der Waals surface area contributed by atoms with Crippen LogP contribution in [0.25, 0.3) is 6.08 Å². The molecule has 3 aromatic rings. The number of amides is 2. The minimum atomic E-state index is -0.160. The fourth-order valence-electron chi connectivity index (χ4n) is 2.68. The van der Waals surface area contributed by atoms with Crippen molar-refractivity contribution in [2.24, 2.45) is 0 Å². The number of thiophene rings is 1. The molecule has 0 fully saturated rings. The summed E-state index contributed by atoms with van der Waals surface area (Å²) in [4.78, 5) is 27.4. The van der Waals surface area contributed by atoms with Gasteiger partial charge in [-0.1, -0.05) is 48.2 Å². The van der Waals surface area contributed by atoms with Crippen molar-refractivity contribution in [1.82, 2.24) is 5.32 Å². The van der Waals surface area contributed by atoms with E-state index in [1.807, 2.05) is 60.0 Å². The van der Waals surface area contributed by atoms with Gasteiger partial charge in [0.1, 0.15) is 0 Å². The molecule has 4 nitrogen and oxygen atoms in total. The second-order valence-electron chi connectivity index (χ2n) is 5.95. The van der Waals surface area contributed by atoms with Gasteiger partial charge in [-0.3, -0.25) is 9.59 Å². The van der Waals surface area contributed by atoms with E-state index in [2.05, 4.69) is 10.6 Å². The Morgan fingerprint density at radius 1 is 1.07 bits per heavy atom. The maximum Gasteiger partial charge on any atom is 0.262 e. The Morgan fingerprint density at radius 3 is 2.70 bits per heavy atom. The van der Waals surface area contributed by atoms with Crippen molar-refractivity contribution >= 4 is 46.7 Å². The van der Waals surface area contributed by atoms with Gasteiger partial charge in [-0.25, -0.2) is 0 Å². The molecule has 0 saturated carbocycles. The first-order chi connectivity index (χ1) is 13.2. The first-order valence-corrected chi connectivity index (χ1v) is 10.1. The number of benzene rings is 2. The normalized spacial score (nSPS) is 14.5. The lowest BCUT2D eigenvalue weighted by molar-refractivity contribution is -0.112. The average molecular weight is 393 g/mol. The van der Waals surface area contributed by atoms with E-state index in [1.54, 1.807) is 23.5 Å². The van der Waals surface area contributed by atoms with Crippen LogP contribution >= 0.6 is 23.1 Å². The maximum absolute atomic E-state index is 12.4. The predicted octanol–water partition coefficient (Wildman–Crippen LogP) is 4.76. The number of hydrogen-bond acceptors (Lipinski definition) is 4. The van der Waals surface area contributed by atoms with Crippen LogP contribution in [-0.4, -0.2) is 11.8 Å². The van der Waals surface area contributed by atoms with Crippen molar-refractivity contribution in [3.63, 3.8) is 0 Å². The second-order valence-corrected chi connectivity index (χ2v) is 8.06. The predicted molar refractivity (Wildman–Crippen MR) is 111 cm³/mol. The third kappa shape index (κ3) is 4.13. The zero-order valence-electron chi connectivity index (χ0n) is 14.3. The van der Waals surface area contributed by atoms with E-state index in [4.69, 9.17) is 0 Å². The lowest BCUT2D eigenvalue weighted by Crippen LogP contribution is -2.23. The van der Waals surface area contributed by atoms with Crippen LogP contribution in [0.3, 0.4) is 0 Å². The summed E-state index contributed by atoms with van der Waals surface area (Å²) < 4.78 is 0. The Balaban J connectivity index is 1.50. The highest BCUT2D eigenvalue weighted by Crippen LogP contribution is 2.39. The fraction of sp³-hybridized carbons (Fsp3) is 0.0476. The van der Waals surface area contributed by atoms with Crippen molar-refractivity contribution in [2.75, 3.05) is 5.32 Å². The molecule has 1 aromatic heterocycles. The molecule has 27 heavy (non-hydrogen) atoms. The van der Waals surface area contributed by atoms with Gasteiger partial charge in [0.15, 0.2) is 0 Å². The zero-order chi connectivity index (χ0) is 18.6. The van der Waals surface area contributed by atoms with Crippen molar-refractivity contribution in [3.8, 4) is 0 Å².